The van der Waals surface area contributed by atoms with Gasteiger partial charge in [0.05, 0.1) is 19.3 Å². The van der Waals surface area contributed by atoms with Gasteiger partial charge < -0.3 is 19.7 Å². The minimum Gasteiger partial charge on any atom is -0.378 e. The van der Waals surface area contributed by atoms with Crippen molar-refractivity contribution in [3.8, 4) is 0 Å². The third kappa shape index (κ3) is 3.96. The maximum absolute atomic E-state index is 5.60. The number of hydrogen-bond donors (Lipinski definition) is 1. The minimum absolute atomic E-state index is 0.404. The first-order valence-electron chi connectivity index (χ1n) is 8.07. The lowest BCUT2D eigenvalue weighted by Gasteiger charge is -2.29. The van der Waals surface area contributed by atoms with E-state index >= 15 is 0 Å². The highest BCUT2D eigenvalue weighted by Gasteiger charge is 2.23. The highest BCUT2D eigenvalue weighted by molar-refractivity contribution is 5.47. The normalized spacial score (nSPS) is 26.2. The SMILES string of the molecule is CC1OCCC1CNCc1ccc(N2CCOCC2)cc1. The molecule has 1 N–H and O–H groups in total. The summed E-state index contributed by atoms with van der Waals surface area (Å²) in [5, 5.41) is 3.56. The summed E-state index contributed by atoms with van der Waals surface area (Å²) in [4.78, 5) is 2.39. The Balaban J connectivity index is 1.45. The smallest absolute Gasteiger partial charge is 0.0642 e. The predicted octanol–water partition coefficient (Wildman–Crippen LogP) is 2.04. The van der Waals surface area contributed by atoms with Crippen molar-refractivity contribution in [1.82, 2.24) is 5.32 Å². The molecule has 4 nitrogen and oxygen atoms in total. The van der Waals surface area contributed by atoms with Gasteiger partial charge in [-0.25, -0.2) is 0 Å². The highest BCUT2D eigenvalue weighted by atomic mass is 16.5. The molecule has 2 heterocycles. The van der Waals surface area contributed by atoms with E-state index < -0.39 is 0 Å². The van der Waals surface area contributed by atoms with Crippen LogP contribution in [0.2, 0.25) is 0 Å². The van der Waals surface area contributed by atoms with Gasteiger partial charge in [-0.05, 0) is 37.0 Å². The molecule has 0 aliphatic carbocycles. The number of hydrogen-bond acceptors (Lipinski definition) is 4. The summed E-state index contributed by atoms with van der Waals surface area (Å²) in [5.41, 5.74) is 2.65. The minimum atomic E-state index is 0.404. The Morgan fingerprint density at radius 2 is 1.90 bits per heavy atom. The average Bonchev–Trinajstić information content (AvgIpc) is 2.94. The summed E-state index contributed by atoms with van der Waals surface area (Å²) in [6, 6.07) is 8.91. The first-order valence-corrected chi connectivity index (χ1v) is 8.07. The van der Waals surface area contributed by atoms with E-state index in [9.17, 15) is 0 Å². The van der Waals surface area contributed by atoms with Gasteiger partial charge in [0.2, 0.25) is 0 Å². The standard InChI is InChI=1S/C17H26N2O2/c1-14-16(6-9-21-14)13-18-12-15-2-4-17(5-3-15)19-7-10-20-11-8-19/h2-5,14,16,18H,6-13H2,1H3. The van der Waals surface area contributed by atoms with Gasteiger partial charge in [0.1, 0.15) is 0 Å². The second-order valence-corrected chi connectivity index (χ2v) is 6.02. The van der Waals surface area contributed by atoms with Crippen molar-refractivity contribution in [3.05, 3.63) is 29.8 Å². The van der Waals surface area contributed by atoms with Gasteiger partial charge in [-0.2, -0.15) is 0 Å². The van der Waals surface area contributed by atoms with E-state index in [4.69, 9.17) is 9.47 Å². The van der Waals surface area contributed by atoms with Crippen molar-refractivity contribution in [2.75, 3.05) is 44.4 Å². The van der Waals surface area contributed by atoms with E-state index in [1.54, 1.807) is 0 Å². The lowest BCUT2D eigenvalue weighted by molar-refractivity contribution is 0.105. The molecule has 3 rings (SSSR count). The summed E-state index contributed by atoms with van der Waals surface area (Å²) in [6.45, 7) is 8.75. The lowest BCUT2D eigenvalue weighted by Crippen LogP contribution is -2.36. The van der Waals surface area contributed by atoms with Gasteiger partial charge in [0.25, 0.3) is 0 Å². The lowest BCUT2D eigenvalue weighted by atomic mass is 10.0. The second-order valence-electron chi connectivity index (χ2n) is 6.02. The fraction of sp³-hybridized carbons (Fsp3) is 0.647. The summed E-state index contributed by atoms with van der Waals surface area (Å²) in [6.07, 6.45) is 1.59. The van der Waals surface area contributed by atoms with Crippen LogP contribution in [0.5, 0.6) is 0 Å². The van der Waals surface area contributed by atoms with E-state index in [0.29, 0.717) is 12.0 Å². The molecule has 4 heteroatoms. The summed E-state index contributed by atoms with van der Waals surface area (Å²) in [7, 11) is 0. The van der Waals surface area contributed by atoms with Gasteiger partial charge in [-0.15, -0.1) is 0 Å². The molecule has 21 heavy (non-hydrogen) atoms. The van der Waals surface area contributed by atoms with Gasteiger partial charge in [-0.3, -0.25) is 0 Å². The average molecular weight is 290 g/mol. The molecule has 2 fully saturated rings. The maximum atomic E-state index is 5.60. The Morgan fingerprint density at radius 3 is 2.57 bits per heavy atom. The number of morpholine rings is 1. The van der Waals surface area contributed by atoms with Crippen molar-refractivity contribution in [2.24, 2.45) is 5.92 Å². The van der Waals surface area contributed by atoms with Crippen LogP contribution in [0.25, 0.3) is 0 Å². The fourth-order valence-electron chi connectivity index (χ4n) is 3.09. The van der Waals surface area contributed by atoms with Crippen LogP contribution >= 0.6 is 0 Å². The van der Waals surface area contributed by atoms with Crippen LogP contribution in [-0.2, 0) is 16.0 Å². The molecule has 2 saturated heterocycles. The number of anilines is 1. The number of benzene rings is 1. The number of nitrogens with zero attached hydrogens (tertiary/aromatic N) is 1. The Kier molecular flexibility index (Phi) is 5.12. The molecule has 1 aromatic rings. The van der Waals surface area contributed by atoms with Crippen LogP contribution in [-0.4, -0.2) is 45.6 Å². The summed E-state index contributed by atoms with van der Waals surface area (Å²) >= 11 is 0. The molecule has 116 valence electrons. The van der Waals surface area contributed by atoms with E-state index in [2.05, 4.69) is 41.4 Å². The highest BCUT2D eigenvalue weighted by Crippen LogP contribution is 2.20. The summed E-state index contributed by atoms with van der Waals surface area (Å²) in [5.74, 6) is 0.664. The molecule has 0 aromatic heterocycles. The van der Waals surface area contributed by atoms with Crippen LogP contribution < -0.4 is 10.2 Å². The van der Waals surface area contributed by atoms with Gasteiger partial charge >= 0.3 is 0 Å². The fourth-order valence-corrected chi connectivity index (χ4v) is 3.09. The van der Waals surface area contributed by atoms with E-state index in [0.717, 1.165) is 46.0 Å². The Morgan fingerprint density at radius 1 is 1.14 bits per heavy atom. The van der Waals surface area contributed by atoms with Crippen LogP contribution in [0.4, 0.5) is 5.69 Å². The van der Waals surface area contributed by atoms with Crippen molar-refractivity contribution in [1.29, 1.82) is 0 Å². The molecular formula is C17H26N2O2. The zero-order chi connectivity index (χ0) is 14.5. The first-order chi connectivity index (χ1) is 10.3. The molecule has 2 aliphatic rings. The summed E-state index contributed by atoms with van der Waals surface area (Å²) < 4.78 is 11.0. The Hall–Kier alpha value is -1.10. The Bertz CT molecular complexity index is 429. The monoisotopic (exact) mass is 290 g/mol. The zero-order valence-corrected chi connectivity index (χ0v) is 12.9. The van der Waals surface area contributed by atoms with Crippen molar-refractivity contribution < 1.29 is 9.47 Å². The quantitative estimate of drug-likeness (QED) is 0.900. The van der Waals surface area contributed by atoms with E-state index in [1.165, 1.54) is 17.7 Å². The van der Waals surface area contributed by atoms with Gasteiger partial charge in [0.15, 0.2) is 0 Å². The molecule has 0 bridgehead atoms. The number of nitrogens with one attached hydrogen (secondary N) is 1. The van der Waals surface area contributed by atoms with Crippen LogP contribution in [0.1, 0.15) is 18.9 Å². The first kappa shape index (κ1) is 14.8. The van der Waals surface area contributed by atoms with Crippen LogP contribution in [0.15, 0.2) is 24.3 Å². The van der Waals surface area contributed by atoms with Crippen molar-refractivity contribution in [3.63, 3.8) is 0 Å². The molecule has 2 atom stereocenters. The van der Waals surface area contributed by atoms with Gasteiger partial charge in [-0.1, -0.05) is 12.1 Å². The molecule has 0 radical (unpaired) electrons. The third-order valence-electron chi connectivity index (χ3n) is 4.58. The largest absolute Gasteiger partial charge is 0.378 e. The van der Waals surface area contributed by atoms with E-state index in [-0.39, 0.29) is 0 Å². The molecule has 0 saturated carbocycles. The third-order valence-corrected chi connectivity index (χ3v) is 4.58. The Labute approximate surface area is 127 Å². The molecule has 0 amide bonds. The molecule has 2 aliphatic heterocycles. The topological polar surface area (TPSA) is 33.7 Å². The van der Waals surface area contributed by atoms with Crippen molar-refractivity contribution in [2.45, 2.75) is 26.0 Å². The number of rotatable bonds is 5. The van der Waals surface area contributed by atoms with E-state index in [1.807, 2.05) is 0 Å². The molecule has 2 unspecified atom stereocenters. The van der Waals surface area contributed by atoms with Crippen molar-refractivity contribution >= 4 is 5.69 Å². The van der Waals surface area contributed by atoms with Gasteiger partial charge in [0, 0.05) is 38.5 Å². The molecule has 1 aromatic carbocycles. The molecule has 0 spiro atoms. The number of ether oxygens (including phenoxy) is 2. The zero-order valence-electron chi connectivity index (χ0n) is 12.9. The second kappa shape index (κ2) is 7.25. The maximum Gasteiger partial charge on any atom is 0.0642 e. The molecular weight excluding hydrogens is 264 g/mol. The van der Waals surface area contributed by atoms with Crippen LogP contribution in [0, 0.1) is 5.92 Å². The van der Waals surface area contributed by atoms with Crippen LogP contribution in [0.3, 0.4) is 0 Å². The predicted molar refractivity (Wildman–Crippen MR) is 84.7 cm³/mol.